The molecule has 1 aromatic rings. The minimum atomic E-state index is -0.0528. The summed E-state index contributed by atoms with van der Waals surface area (Å²) in [6.07, 6.45) is 2.68. The van der Waals surface area contributed by atoms with Crippen molar-refractivity contribution in [1.29, 1.82) is 0 Å². The van der Waals surface area contributed by atoms with E-state index in [-0.39, 0.29) is 23.6 Å². The largest absolute Gasteiger partial charge is 0.341 e. The summed E-state index contributed by atoms with van der Waals surface area (Å²) < 4.78 is 0. The lowest BCUT2D eigenvalue weighted by molar-refractivity contribution is -0.128. The lowest BCUT2D eigenvalue weighted by Gasteiger charge is -2.21. The first-order valence-electron chi connectivity index (χ1n) is 8.50. The lowest BCUT2D eigenvalue weighted by Crippen LogP contribution is -2.36. The van der Waals surface area contributed by atoms with E-state index < -0.39 is 0 Å². The first kappa shape index (κ1) is 16.5. The van der Waals surface area contributed by atoms with Gasteiger partial charge < -0.3 is 15.1 Å². The van der Waals surface area contributed by atoms with Crippen molar-refractivity contribution in [3.05, 3.63) is 29.8 Å². The molecule has 0 radical (unpaired) electrons. The van der Waals surface area contributed by atoms with E-state index in [0.717, 1.165) is 19.3 Å². The van der Waals surface area contributed by atoms with Gasteiger partial charge in [0.15, 0.2) is 0 Å². The van der Waals surface area contributed by atoms with Crippen LogP contribution in [-0.4, -0.2) is 53.7 Å². The van der Waals surface area contributed by atoms with Crippen LogP contribution in [0, 0.1) is 5.92 Å². The van der Waals surface area contributed by atoms with Crippen molar-refractivity contribution in [1.82, 2.24) is 9.80 Å². The number of anilines is 1. The van der Waals surface area contributed by atoms with Crippen LogP contribution in [0.4, 0.5) is 5.69 Å². The Balaban J connectivity index is 1.65. The van der Waals surface area contributed by atoms with Gasteiger partial charge in [-0.1, -0.05) is 6.07 Å². The Morgan fingerprint density at radius 2 is 1.75 bits per heavy atom. The number of rotatable bonds is 3. The molecule has 0 unspecified atom stereocenters. The quantitative estimate of drug-likeness (QED) is 0.918. The standard InChI is InChI=1S/C18H23N3O3/c1-13(22)20-8-3-9-21(11-10-20)18(24)15-4-2-5-16(12-15)19-17(23)14-6-7-14/h2,4-5,12,14H,3,6-11H2,1H3,(H,19,23). The van der Waals surface area contributed by atoms with E-state index in [4.69, 9.17) is 0 Å². The van der Waals surface area contributed by atoms with Crippen molar-refractivity contribution in [2.24, 2.45) is 5.92 Å². The maximum absolute atomic E-state index is 12.7. The molecule has 128 valence electrons. The average molecular weight is 329 g/mol. The van der Waals surface area contributed by atoms with Crippen LogP contribution >= 0.6 is 0 Å². The molecule has 0 atom stereocenters. The van der Waals surface area contributed by atoms with Crippen LogP contribution in [0.3, 0.4) is 0 Å². The van der Waals surface area contributed by atoms with Gasteiger partial charge in [0.05, 0.1) is 0 Å². The molecule has 1 saturated carbocycles. The van der Waals surface area contributed by atoms with Gasteiger partial charge in [0.2, 0.25) is 11.8 Å². The summed E-state index contributed by atoms with van der Waals surface area (Å²) in [5, 5.41) is 2.87. The highest BCUT2D eigenvalue weighted by molar-refractivity contribution is 5.98. The molecule has 1 aliphatic heterocycles. The molecule has 2 aliphatic rings. The molecule has 1 saturated heterocycles. The number of carbonyl (C=O) groups is 3. The zero-order chi connectivity index (χ0) is 17.1. The highest BCUT2D eigenvalue weighted by Crippen LogP contribution is 2.30. The SMILES string of the molecule is CC(=O)N1CCCN(C(=O)c2cccc(NC(=O)C3CC3)c2)CC1. The van der Waals surface area contributed by atoms with Crippen LogP contribution in [0.2, 0.25) is 0 Å². The molecule has 24 heavy (non-hydrogen) atoms. The number of nitrogens with one attached hydrogen (secondary N) is 1. The Labute approximate surface area is 141 Å². The van der Waals surface area contributed by atoms with Gasteiger partial charge in [0.25, 0.3) is 5.91 Å². The zero-order valence-corrected chi connectivity index (χ0v) is 14.0. The molecule has 0 spiro atoms. The fourth-order valence-corrected chi connectivity index (χ4v) is 2.94. The second-order valence-corrected chi connectivity index (χ2v) is 6.50. The second-order valence-electron chi connectivity index (χ2n) is 6.50. The van der Waals surface area contributed by atoms with Crippen molar-refractivity contribution >= 4 is 23.4 Å². The van der Waals surface area contributed by atoms with Crippen molar-refractivity contribution < 1.29 is 14.4 Å². The van der Waals surface area contributed by atoms with Crippen LogP contribution in [0.5, 0.6) is 0 Å². The fourth-order valence-electron chi connectivity index (χ4n) is 2.94. The molecular formula is C18H23N3O3. The van der Waals surface area contributed by atoms with Crippen molar-refractivity contribution in [2.75, 3.05) is 31.5 Å². The van der Waals surface area contributed by atoms with Gasteiger partial charge in [-0.25, -0.2) is 0 Å². The number of hydrogen-bond acceptors (Lipinski definition) is 3. The summed E-state index contributed by atoms with van der Waals surface area (Å²) in [5.74, 6) is 0.163. The molecule has 2 fully saturated rings. The van der Waals surface area contributed by atoms with E-state index in [0.29, 0.717) is 37.4 Å². The van der Waals surface area contributed by atoms with Crippen LogP contribution < -0.4 is 5.32 Å². The van der Waals surface area contributed by atoms with E-state index >= 15 is 0 Å². The predicted molar refractivity (Wildman–Crippen MR) is 90.6 cm³/mol. The third-order valence-electron chi connectivity index (χ3n) is 4.55. The Kier molecular flexibility index (Phi) is 4.83. The molecular weight excluding hydrogens is 306 g/mol. The topological polar surface area (TPSA) is 69.7 Å². The summed E-state index contributed by atoms with van der Waals surface area (Å²) in [5.41, 5.74) is 1.23. The Hall–Kier alpha value is -2.37. The second kappa shape index (κ2) is 7.03. The Morgan fingerprint density at radius 1 is 1.04 bits per heavy atom. The number of carbonyl (C=O) groups excluding carboxylic acids is 3. The minimum Gasteiger partial charge on any atom is -0.341 e. The minimum absolute atomic E-state index is 0.0338. The van der Waals surface area contributed by atoms with Crippen molar-refractivity contribution in [2.45, 2.75) is 26.2 Å². The number of benzene rings is 1. The first-order valence-corrected chi connectivity index (χ1v) is 8.50. The molecule has 1 aromatic carbocycles. The van der Waals surface area contributed by atoms with E-state index in [1.807, 2.05) is 0 Å². The average Bonchev–Trinajstić information content (AvgIpc) is 3.40. The van der Waals surface area contributed by atoms with E-state index in [1.165, 1.54) is 0 Å². The summed E-state index contributed by atoms with van der Waals surface area (Å²) in [7, 11) is 0. The van der Waals surface area contributed by atoms with Gasteiger partial charge in [-0.2, -0.15) is 0 Å². The van der Waals surface area contributed by atoms with E-state index in [9.17, 15) is 14.4 Å². The van der Waals surface area contributed by atoms with Crippen LogP contribution in [0.15, 0.2) is 24.3 Å². The Morgan fingerprint density at radius 3 is 2.46 bits per heavy atom. The van der Waals surface area contributed by atoms with Gasteiger partial charge >= 0.3 is 0 Å². The maximum atomic E-state index is 12.7. The normalized spacial score (nSPS) is 18.0. The monoisotopic (exact) mass is 329 g/mol. The molecule has 3 rings (SSSR count). The maximum Gasteiger partial charge on any atom is 0.253 e. The molecule has 1 N–H and O–H groups in total. The number of nitrogens with zero attached hydrogens (tertiary/aromatic N) is 2. The summed E-state index contributed by atoms with van der Waals surface area (Å²) in [4.78, 5) is 39.6. The lowest BCUT2D eigenvalue weighted by atomic mass is 10.1. The van der Waals surface area contributed by atoms with Crippen molar-refractivity contribution in [3.8, 4) is 0 Å². The van der Waals surface area contributed by atoms with Crippen molar-refractivity contribution in [3.63, 3.8) is 0 Å². The molecule has 0 bridgehead atoms. The van der Waals surface area contributed by atoms with Gasteiger partial charge in [-0.15, -0.1) is 0 Å². The smallest absolute Gasteiger partial charge is 0.253 e. The molecule has 1 aliphatic carbocycles. The third-order valence-corrected chi connectivity index (χ3v) is 4.55. The molecule has 3 amide bonds. The van der Waals surface area contributed by atoms with Crippen LogP contribution in [0.1, 0.15) is 36.5 Å². The van der Waals surface area contributed by atoms with Gasteiger partial charge in [0.1, 0.15) is 0 Å². The van der Waals surface area contributed by atoms with Crippen LogP contribution in [-0.2, 0) is 9.59 Å². The van der Waals surface area contributed by atoms with Gasteiger partial charge in [-0.3, -0.25) is 14.4 Å². The van der Waals surface area contributed by atoms with Gasteiger partial charge in [0, 0.05) is 50.3 Å². The first-order chi connectivity index (χ1) is 11.5. The number of amides is 3. The molecule has 6 nitrogen and oxygen atoms in total. The predicted octanol–water partition coefficient (Wildman–Crippen LogP) is 1.73. The molecule has 1 heterocycles. The van der Waals surface area contributed by atoms with E-state index in [2.05, 4.69) is 5.32 Å². The fraction of sp³-hybridized carbons (Fsp3) is 0.500. The summed E-state index contributed by atoms with van der Waals surface area (Å²) in [6, 6.07) is 7.09. The zero-order valence-electron chi connectivity index (χ0n) is 14.0. The third kappa shape index (κ3) is 3.93. The van der Waals surface area contributed by atoms with Crippen LogP contribution in [0.25, 0.3) is 0 Å². The highest BCUT2D eigenvalue weighted by Gasteiger charge is 2.29. The number of hydrogen-bond donors (Lipinski definition) is 1. The summed E-state index contributed by atoms with van der Waals surface area (Å²) in [6.45, 7) is 4.00. The molecule has 6 heteroatoms. The summed E-state index contributed by atoms with van der Waals surface area (Å²) >= 11 is 0. The van der Waals surface area contributed by atoms with E-state index in [1.54, 1.807) is 41.0 Å². The Bertz CT molecular complexity index is 655. The molecule has 0 aromatic heterocycles. The van der Waals surface area contributed by atoms with Gasteiger partial charge in [-0.05, 0) is 37.5 Å². The highest BCUT2D eigenvalue weighted by atomic mass is 16.2.